The number of hydrogen-bond acceptors (Lipinski definition) is 4. The Morgan fingerprint density at radius 1 is 1.09 bits per heavy atom. The molecule has 0 radical (unpaired) electrons. The van der Waals surface area contributed by atoms with E-state index in [1.54, 1.807) is 0 Å². The summed E-state index contributed by atoms with van der Waals surface area (Å²) in [6.07, 6.45) is 5.63. The molecule has 2 fully saturated rings. The van der Waals surface area contributed by atoms with Crippen molar-refractivity contribution in [3.05, 3.63) is 30.3 Å². The Labute approximate surface area is 147 Å². The minimum atomic E-state index is 0.353. The monoisotopic (exact) mass is 350 g/mol. The third-order valence-corrected chi connectivity index (χ3v) is 7.65. The minimum Gasteiger partial charge on any atom is -0.368 e. The number of anilines is 1. The van der Waals surface area contributed by atoms with Crippen molar-refractivity contribution in [1.82, 2.24) is 4.90 Å². The molecule has 0 N–H and O–H groups in total. The molecule has 0 aliphatic carbocycles. The Bertz CT molecular complexity index is 483. The second-order valence-electron chi connectivity index (χ2n) is 6.28. The van der Waals surface area contributed by atoms with Crippen LogP contribution < -0.4 is 4.90 Å². The first-order valence-corrected chi connectivity index (χ1v) is 11.1. The largest absolute Gasteiger partial charge is 0.368 e. The van der Waals surface area contributed by atoms with E-state index < -0.39 is 0 Å². The highest BCUT2D eigenvalue weighted by atomic mass is 33.1. The van der Waals surface area contributed by atoms with Crippen LogP contribution in [-0.4, -0.2) is 48.0 Å². The zero-order valence-corrected chi connectivity index (χ0v) is 15.3. The lowest BCUT2D eigenvalue weighted by Crippen LogP contribution is -2.48. The van der Waals surface area contributed by atoms with Crippen LogP contribution in [0.25, 0.3) is 0 Å². The Morgan fingerprint density at radius 2 is 1.87 bits per heavy atom. The van der Waals surface area contributed by atoms with Gasteiger partial charge in [0.15, 0.2) is 0 Å². The predicted molar refractivity (Wildman–Crippen MR) is 102 cm³/mol. The van der Waals surface area contributed by atoms with Gasteiger partial charge in [0.1, 0.15) is 0 Å². The molecule has 126 valence electrons. The van der Waals surface area contributed by atoms with Crippen molar-refractivity contribution in [2.45, 2.75) is 37.4 Å². The van der Waals surface area contributed by atoms with Gasteiger partial charge in [-0.1, -0.05) is 46.2 Å². The van der Waals surface area contributed by atoms with E-state index in [0.717, 1.165) is 44.3 Å². The lowest BCUT2D eigenvalue weighted by atomic mass is 10.1. The van der Waals surface area contributed by atoms with Gasteiger partial charge < -0.3 is 9.80 Å². The number of piperazine rings is 1. The zero-order chi connectivity index (χ0) is 15.9. The third kappa shape index (κ3) is 5.08. The highest BCUT2D eigenvalue weighted by Gasteiger charge is 2.21. The maximum absolute atomic E-state index is 12.3. The first-order chi connectivity index (χ1) is 11.3. The van der Waals surface area contributed by atoms with E-state index in [0.29, 0.717) is 5.91 Å². The van der Waals surface area contributed by atoms with Gasteiger partial charge in [0.25, 0.3) is 0 Å². The van der Waals surface area contributed by atoms with Crippen LogP contribution in [0.1, 0.15) is 32.1 Å². The van der Waals surface area contributed by atoms with E-state index >= 15 is 0 Å². The number of benzene rings is 1. The molecule has 23 heavy (non-hydrogen) atoms. The summed E-state index contributed by atoms with van der Waals surface area (Å²) in [6, 6.07) is 10.5. The van der Waals surface area contributed by atoms with Crippen LogP contribution in [0.15, 0.2) is 30.3 Å². The van der Waals surface area contributed by atoms with Crippen molar-refractivity contribution >= 4 is 33.2 Å². The Morgan fingerprint density at radius 3 is 2.57 bits per heavy atom. The maximum atomic E-state index is 12.3. The first kappa shape index (κ1) is 17.0. The summed E-state index contributed by atoms with van der Waals surface area (Å²) in [4.78, 5) is 16.8. The van der Waals surface area contributed by atoms with E-state index in [9.17, 15) is 4.79 Å². The molecule has 3 nitrogen and oxygen atoms in total. The fraction of sp³-hybridized carbons (Fsp3) is 0.611. The van der Waals surface area contributed by atoms with Crippen molar-refractivity contribution < 1.29 is 4.79 Å². The van der Waals surface area contributed by atoms with Crippen molar-refractivity contribution in [3.8, 4) is 0 Å². The number of carbonyl (C=O) groups is 1. The molecule has 2 saturated heterocycles. The van der Waals surface area contributed by atoms with E-state index in [1.807, 2.05) is 27.7 Å². The molecule has 0 aromatic heterocycles. The average Bonchev–Trinajstić information content (AvgIpc) is 3.13. The minimum absolute atomic E-state index is 0.353. The Balaban J connectivity index is 1.33. The topological polar surface area (TPSA) is 23.6 Å². The number of amides is 1. The molecule has 0 bridgehead atoms. The molecule has 2 heterocycles. The van der Waals surface area contributed by atoms with Crippen LogP contribution in [0.5, 0.6) is 0 Å². The number of carbonyl (C=O) groups excluding carboxylic acids is 1. The molecule has 1 atom stereocenters. The standard InChI is InChI=1S/C18H26N2OS2/c21-18(9-5-4-8-17-10-15-22-23-17)20-13-11-19(12-14-20)16-6-2-1-3-7-16/h1-3,6-7,17H,4-5,8-15H2/t17-/m0/s1. The van der Waals surface area contributed by atoms with Crippen LogP contribution in [0.4, 0.5) is 5.69 Å². The lowest BCUT2D eigenvalue weighted by molar-refractivity contribution is -0.131. The van der Waals surface area contributed by atoms with Gasteiger partial charge in [0.2, 0.25) is 5.91 Å². The van der Waals surface area contributed by atoms with E-state index in [-0.39, 0.29) is 0 Å². The van der Waals surface area contributed by atoms with Crippen molar-refractivity contribution in [2.24, 2.45) is 0 Å². The quantitative estimate of drug-likeness (QED) is 0.570. The summed E-state index contributed by atoms with van der Waals surface area (Å²) in [7, 11) is 4.05. The van der Waals surface area contributed by atoms with Gasteiger partial charge in [0, 0.05) is 49.3 Å². The van der Waals surface area contributed by atoms with Gasteiger partial charge in [-0.05, 0) is 31.4 Å². The molecule has 0 spiro atoms. The molecule has 0 saturated carbocycles. The summed E-state index contributed by atoms with van der Waals surface area (Å²) in [5.74, 6) is 1.66. The summed E-state index contributed by atoms with van der Waals surface area (Å²) in [6.45, 7) is 3.63. The third-order valence-electron chi connectivity index (χ3n) is 4.65. The molecule has 1 amide bonds. The van der Waals surface area contributed by atoms with Crippen LogP contribution >= 0.6 is 21.6 Å². The lowest BCUT2D eigenvalue weighted by Gasteiger charge is -2.36. The smallest absolute Gasteiger partial charge is 0.222 e. The molecular formula is C18H26N2OS2. The molecule has 2 aliphatic heterocycles. The summed E-state index contributed by atoms with van der Waals surface area (Å²) in [5, 5.41) is 0.838. The van der Waals surface area contributed by atoms with Gasteiger partial charge in [-0.15, -0.1) is 0 Å². The van der Waals surface area contributed by atoms with Gasteiger partial charge >= 0.3 is 0 Å². The normalized spacial score (nSPS) is 21.7. The Hall–Kier alpha value is -0.810. The number of unbranched alkanes of at least 4 members (excludes halogenated alkanes) is 1. The predicted octanol–water partition coefficient (Wildman–Crippen LogP) is 4.05. The maximum Gasteiger partial charge on any atom is 0.222 e. The average molecular weight is 351 g/mol. The molecule has 2 aliphatic rings. The highest BCUT2D eigenvalue weighted by molar-refractivity contribution is 8.77. The van der Waals surface area contributed by atoms with E-state index in [2.05, 4.69) is 34.1 Å². The van der Waals surface area contributed by atoms with Crippen LogP contribution in [-0.2, 0) is 4.79 Å². The number of para-hydroxylation sites is 1. The van der Waals surface area contributed by atoms with Crippen LogP contribution in [0.2, 0.25) is 0 Å². The van der Waals surface area contributed by atoms with Gasteiger partial charge in [-0.3, -0.25) is 4.79 Å². The van der Waals surface area contributed by atoms with Crippen molar-refractivity contribution in [2.75, 3.05) is 36.8 Å². The second-order valence-corrected chi connectivity index (χ2v) is 9.07. The summed E-state index contributed by atoms with van der Waals surface area (Å²) < 4.78 is 0. The molecule has 0 unspecified atom stereocenters. The number of rotatable bonds is 6. The summed E-state index contributed by atoms with van der Waals surface area (Å²) >= 11 is 0. The zero-order valence-electron chi connectivity index (χ0n) is 13.7. The molecule has 1 aromatic rings. The van der Waals surface area contributed by atoms with Gasteiger partial charge in [-0.2, -0.15) is 0 Å². The van der Waals surface area contributed by atoms with Gasteiger partial charge in [0.05, 0.1) is 0 Å². The van der Waals surface area contributed by atoms with Crippen molar-refractivity contribution in [3.63, 3.8) is 0 Å². The molecule has 1 aromatic carbocycles. The summed E-state index contributed by atoms with van der Waals surface area (Å²) in [5.41, 5.74) is 1.27. The second kappa shape index (κ2) is 8.88. The first-order valence-electron chi connectivity index (χ1n) is 8.69. The molecule has 5 heteroatoms. The SMILES string of the molecule is O=C(CCCC[C@H]1CCSS1)N1CCN(c2ccccc2)CC1. The van der Waals surface area contributed by atoms with Crippen molar-refractivity contribution in [1.29, 1.82) is 0 Å². The van der Waals surface area contributed by atoms with Crippen LogP contribution in [0.3, 0.4) is 0 Å². The highest BCUT2D eigenvalue weighted by Crippen LogP contribution is 2.39. The van der Waals surface area contributed by atoms with E-state index in [1.165, 1.54) is 30.7 Å². The fourth-order valence-corrected chi connectivity index (χ4v) is 6.25. The Kier molecular flexibility index (Phi) is 6.57. The van der Waals surface area contributed by atoms with E-state index in [4.69, 9.17) is 0 Å². The molecule has 3 rings (SSSR count). The molecular weight excluding hydrogens is 324 g/mol. The van der Waals surface area contributed by atoms with Gasteiger partial charge in [-0.25, -0.2) is 0 Å². The number of hydrogen-bond donors (Lipinski definition) is 0. The van der Waals surface area contributed by atoms with Crippen LogP contribution in [0, 0.1) is 0 Å². The number of nitrogens with zero attached hydrogens (tertiary/aromatic N) is 2. The fourth-order valence-electron chi connectivity index (χ4n) is 3.22.